The Morgan fingerprint density at radius 1 is 1.17 bits per heavy atom. The Balaban J connectivity index is 1.54. The van der Waals surface area contributed by atoms with Crippen LogP contribution in [0.5, 0.6) is 0 Å². The molecule has 1 aromatic carbocycles. The average molecular weight is 413 g/mol. The molecule has 10 heteroatoms. The summed E-state index contributed by atoms with van der Waals surface area (Å²) in [6, 6.07) is 10.4. The van der Waals surface area contributed by atoms with Crippen LogP contribution in [0.1, 0.15) is 18.6 Å². The molecule has 1 atom stereocenters. The highest BCUT2D eigenvalue weighted by Crippen LogP contribution is 2.63. The number of fused-ring (bicyclic) bond motifs is 1. The van der Waals surface area contributed by atoms with E-state index in [9.17, 15) is 14.7 Å². The third-order valence-electron chi connectivity index (χ3n) is 5.24. The van der Waals surface area contributed by atoms with Crippen molar-refractivity contribution < 1.29 is 14.0 Å². The zero-order valence-electron chi connectivity index (χ0n) is 15.8. The fraction of sp³-hybridized carbons (Fsp3) is 0.316. The Kier molecular flexibility index (Phi) is 4.29. The summed E-state index contributed by atoms with van der Waals surface area (Å²) in [5.74, 6) is 0. The van der Waals surface area contributed by atoms with Crippen molar-refractivity contribution in [2.45, 2.75) is 13.0 Å². The highest BCUT2D eigenvalue weighted by atomic mass is 31.2. The normalized spacial score (nSPS) is 18.1. The van der Waals surface area contributed by atoms with Crippen molar-refractivity contribution in [1.82, 2.24) is 18.9 Å². The first-order valence-electron chi connectivity index (χ1n) is 9.47. The summed E-state index contributed by atoms with van der Waals surface area (Å²) in [7, 11) is -2.99. The molecule has 2 saturated heterocycles. The molecule has 29 heavy (non-hydrogen) atoms. The van der Waals surface area contributed by atoms with Gasteiger partial charge in [-0.25, -0.2) is 9.34 Å². The van der Waals surface area contributed by atoms with Gasteiger partial charge in [-0.15, -0.1) is 0 Å². The van der Waals surface area contributed by atoms with Crippen LogP contribution in [0, 0.1) is 10.1 Å². The fourth-order valence-electron chi connectivity index (χ4n) is 3.49. The van der Waals surface area contributed by atoms with E-state index in [0.29, 0.717) is 5.69 Å². The molecular weight excluding hydrogens is 393 g/mol. The minimum Gasteiger partial charge on any atom is -0.309 e. The molecule has 0 radical (unpaired) electrons. The van der Waals surface area contributed by atoms with Crippen molar-refractivity contribution in [2.24, 2.45) is 0 Å². The predicted octanol–water partition coefficient (Wildman–Crippen LogP) is 3.75. The van der Waals surface area contributed by atoms with Gasteiger partial charge in [-0.2, -0.15) is 0 Å². The molecule has 2 fully saturated rings. The lowest BCUT2D eigenvalue weighted by molar-refractivity contribution is -0.384. The average Bonchev–Trinajstić information content (AvgIpc) is 3.62. The number of hydrogen-bond acceptors (Lipinski definition) is 5. The molecule has 9 nitrogen and oxygen atoms in total. The van der Waals surface area contributed by atoms with E-state index < -0.39 is 18.7 Å². The lowest BCUT2D eigenvalue weighted by Gasteiger charge is -2.24. The molecule has 150 valence electrons. The van der Waals surface area contributed by atoms with Gasteiger partial charge in [-0.1, -0.05) is 0 Å². The second kappa shape index (κ2) is 6.74. The van der Waals surface area contributed by atoms with E-state index in [1.807, 2.05) is 28.4 Å². The predicted molar refractivity (Wildman–Crippen MR) is 108 cm³/mol. The van der Waals surface area contributed by atoms with Gasteiger partial charge in [0.25, 0.3) is 5.69 Å². The number of aromatic nitrogens is 2. The van der Waals surface area contributed by atoms with Gasteiger partial charge in [-0.3, -0.25) is 24.2 Å². The van der Waals surface area contributed by atoms with Crippen LogP contribution in [0.3, 0.4) is 0 Å². The summed E-state index contributed by atoms with van der Waals surface area (Å²) in [5, 5.41) is 11.6. The van der Waals surface area contributed by atoms with Crippen molar-refractivity contribution in [3.05, 3.63) is 64.5 Å². The van der Waals surface area contributed by atoms with Crippen LogP contribution >= 0.6 is 7.67 Å². The summed E-state index contributed by atoms with van der Waals surface area (Å²) in [5.41, 5.74) is 2.69. The third kappa shape index (κ3) is 3.26. The first-order valence-corrected chi connectivity index (χ1v) is 11.0. The van der Waals surface area contributed by atoms with Gasteiger partial charge >= 0.3 is 7.67 Å². The molecule has 5 rings (SSSR count). The molecule has 0 spiro atoms. The molecule has 1 unspecified atom stereocenters. The molecule has 0 bridgehead atoms. The highest BCUT2D eigenvalue weighted by molar-refractivity contribution is 7.54. The van der Waals surface area contributed by atoms with Gasteiger partial charge in [0.1, 0.15) is 5.69 Å². The molecule has 2 aliphatic heterocycles. The summed E-state index contributed by atoms with van der Waals surface area (Å²) in [4.78, 5) is 15.5. The quantitative estimate of drug-likeness (QED) is 0.252. The standard InChI is InChI=1S/C19H20N5O4P/c1-14(28-29(27,21-9-10-21)22-11-12-22)15-4-5-18(24(25)26)19(13-15)23-8-6-16-17(23)3-2-7-20-16/h2-8,13-14H,9-12H2,1H3. The Morgan fingerprint density at radius 2 is 1.90 bits per heavy atom. The minimum absolute atomic E-state index is 0.0117. The van der Waals surface area contributed by atoms with Gasteiger partial charge in [-0.05, 0) is 42.8 Å². The number of rotatable bonds is 7. The van der Waals surface area contributed by atoms with Crippen LogP contribution in [-0.4, -0.2) is 50.0 Å². The molecule has 0 amide bonds. The summed E-state index contributed by atoms with van der Waals surface area (Å²) >= 11 is 0. The maximum atomic E-state index is 13.3. The number of benzene rings is 1. The van der Waals surface area contributed by atoms with E-state index in [-0.39, 0.29) is 5.69 Å². The van der Waals surface area contributed by atoms with Gasteiger partial charge in [0.2, 0.25) is 0 Å². The number of nitrogens with zero attached hydrogens (tertiary/aromatic N) is 5. The minimum atomic E-state index is -2.99. The Hall–Kier alpha value is -2.58. The lowest BCUT2D eigenvalue weighted by atomic mass is 10.1. The van der Waals surface area contributed by atoms with E-state index in [0.717, 1.165) is 42.8 Å². The van der Waals surface area contributed by atoms with Crippen molar-refractivity contribution in [1.29, 1.82) is 0 Å². The van der Waals surface area contributed by atoms with Crippen molar-refractivity contribution in [3.8, 4) is 5.69 Å². The monoisotopic (exact) mass is 413 g/mol. The third-order valence-corrected chi connectivity index (χ3v) is 8.06. The molecular formula is C19H20N5O4P. The molecule has 2 aliphatic rings. The van der Waals surface area contributed by atoms with Crippen LogP contribution in [0.4, 0.5) is 5.69 Å². The lowest BCUT2D eigenvalue weighted by Crippen LogP contribution is -2.11. The fourth-order valence-corrected chi connectivity index (χ4v) is 5.84. The summed E-state index contributed by atoms with van der Waals surface area (Å²) in [6.45, 7) is 4.92. The van der Waals surface area contributed by atoms with Crippen LogP contribution in [0.25, 0.3) is 16.7 Å². The van der Waals surface area contributed by atoms with E-state index in [1.54, 1.807) is 35.2 Å². The molecule has 0 N–H and O–H groups in total. The van der Waals surface area contributed by atoms with Crippen molar-refractivity contribution in [3.63, 3.8) is 0 Å². The molecule has 2 aromatic heterocycles. The van der Waals surface area contributed by atoms with Gasteiger partial charge < -0.3 is 4.57 Å². The van der Waals surface area contributed by atoms with Crippen molar-refractivity contribution in [2.75, 3.05) is 26.2 Å². The van der Waals surface area contributed by atoms with Gasteiger partial charge in [0, 0.05) is 44.6 Å². The molecule has 0 aliphatic carbocycles. The number of pyridine rings is 1. The topological polar surface area (TPSA) is 93.3 Å². The maximum absolute atomic E-state index is 13.3. The molecule has 4 heterocycles. The number of nitro groups is 1. The smallest absolute Gasteiger partial charge is 0.309 e. The van der Waals surface area contributed by atoms with E-state index in [2.05, 4.69) is 4.98 Å². The van der Waals surface area contributed by atoms with Crippen molar-refractivity contribution >= 4 is 24.4 Å². The Labute approximate surface area is 167 Å². The molecule has 0 saturated carbocycles. The van der Waals surface area contributed by atoms with E-state index in [4.69, 9.17) is 4.52 Å². The van der Waals surface area contributed by atoms with Gasteiger partial charge in [0.05, 0.1) is 22.1 Å². The maximum Gasteiger partial charge on any atom is 0.346 e. The highest BCUT2D eigenvalue weighted by Gasteiger charge is 2.50. The van der Waals surface area contributed by atoms with Crippen LogP contribution in [0.15, 0.2) is 48.8 Å². The van der Waals surface area contributed by atoms with Crippen LogP contribution in [0.2, 0.25) is 0 Å². The van der Waals surface area contributed by atoms with E-state index in [1.165, 1.54) is 6.07 Å². The van der Waals surface area contributed by atoms with Crippen LogP contribution < -0.4 is 0 Å². The number of nitro benzene ring substituents is 1. The van der Waals surface area contributed by atoms with E-state index >= 15 is 0 Å². The first kappa shape index (κ1) is 18.4. The summed E-state index contributed by atoms with van der Waals surface area (Å²) in [6.07, 6.45) is 2.98. The summed E-state index contributed by atoms with van der Waals surface area (Å²) < 4.78 is 24.8. The zero-order chi connectivity index (χ0) is 20.2. The first-order chi connectivity index (χ1) is 14.0. The Bertz CT molecular complexity index is 1140. The molecule has 3 aromatic rings. The van der Waals surface area contributed by atoms with Gasteiger partial charge in [0.15, 0.2) is 0 Å². The second-order valence-corrected chi connectivity index (χ2v) is 9.57. The zero-order valence-corrected chi connectivity index (χ0v) is 16.7. The number of hydrogen-bond donors (Lipinski definition) is 0. The SMILES string of the molecule is CC(OP(=O)(N1CC1)N1CC1)c1ccc([N+](=O)[O-])c(-n2ccc3ncccc32)c1. The largest absolute Gasteiger partial charge is 0.346 e. The Morgan fingerprint density at radius 3 is 2.55 bits per heavy atom. The second-order valence-electron chi connectivity index (χ2n) is 7.24. The van der Waals surface area contributed by atoms with Crippen LogP contribution in [-0.2, 0) is 9.09 Å².